The number of ether oxygens (including phenoxy) is 1. The molecule has 2 fully saturated rings. The van der Waals surface area contributed by atoms with Crippen LogP contribution in [0.25, 0.3) is 0 Å². The Labute approximate surface area is 122 Å². The zero-order chi connectivity index (χ0) is 14.6. The van der Waals surface area contributed by atoms with Crippen LogP contribution in [0.4, 0.5) is 0 Å². The summed E-state index contributed by atoms with van der Waals surface area (Å²) in [5.74, 6) is -0.0231. The fourth-order valence-corrected chi connectivity index (χ4v) is 3.36. The third-order valence-corrected chi connectivity index (χ3v) is 4.61. The van der Waals surface area contributed by atoms with Gasteiger partial charge in [-0.1, -0.05) is 0 Å². The first-order valence-electron chi connectivity index (χ1n) is 7.97. The van der Waals surface area contributed by atoms with Gasteiger partial charge in [0.15, 0.2) is 0 Å². The average molecular weight is 283 g/mol. The average Bonchev–Trinajstić information content (AvgIpc) is 2.70. The number of hydrogen-bond acceptors (Lipinski definition) is 5. The molecule has 2 heterocycles. The summed E-state index contributed by atoms with van der Waals surface area (Å²) in [6.45, 7) is 12.5. The highest BCUT2D eigenvalue weighted by atomic mass is 16.5. The standard InChI is InChI=1S/C15H29N3O2/c1-4-20-14(19)15(6-10-17(12-15)13(2)3)18-9-5-7-16-8-11-18/h13,16H,4-12H2,1-3H3. The molecular formula is C15H29N3O2. The molecule has 0 radical (unpaired) electrons. The molecule has 20 heavy (non-hydrogen) atoms. The minimum absolute atomic E-state index is 0.0231. The zero-order valence-electron chi connectivity index (χ0n) is 13.2. The molecule has 0 aromatic rings. The molecule has 2 saturated heterocycles. The third-order valence-electron chi connectivity index (χ3n) is 4.61. The molecule has 0 aliphatic carbocycles. The van der Waals surface area contributed by atoms with Crippen LogP contribution in [0.2, 0.25) is 0 Å². The number of rotatable bonds is 4. The van der Waals surface area contributed by atoms with Crippen molar-refractivity contribution in [3.05, 3.63) is 0 Å². The van der Waals surface area contributed by atoms with Gasteiger partial charge in [0.05, 0.1) is 6.61 Å². The van der Waals surface area contributed by atoms with Crippen molar-refractivity contribution in [1.82, 2.24) is 15.1 Å². The molecule has 1 unspecified atom stereocenters. The Kier molecular flexibility index (Phi) is 5.41. The van der Waals surface area contributed by atoms with E-state index in [0.717, 1.165) is 52.1 Å². The van der Waals surface area contributed by atoms with Crippen molar-refractivity contribution in [3.8, 4) is 0 Å². The van der Waals surface area contributed by atoms with E-state index in [9.17, 15) is 4.79 Å². The van der Waals surface area contributed by atoms with Crippen LogP contribution in [0, 0.1) is 0 Å². The van der Waals surface area contributed by atoms with Crippen molar-refractivity contribution < 1.29 is 9.53 Å². The third kappa shape index (κ3) is 3.15. The van der Waals surface area contributed by atoms with Crippen LogP contribution in [0.3, 0.4) is 0 Å². The Bertz CT molecular complexity index is 327. The molecule has 2 rings (SSSR count). The molecule has 1 N–H and O–H groups in total. The maximum Gasteiger partial charge on any atom is 0.327 e. The van der Waals surface area contributed by atoms with E-state index < -0.39 is 5.54 Å². The first kappa shape index (κ1) is 15.7. The second-order valence-corrected chi connectivity index (χ2v) is 6.16. The van der Waals surface area contributed by atoms with Crippen LogP contribution in [-0.4, -0.2) is 73.2 Å². The van der Waals surface area contributed by atoms with Crippen LogP contribution in [0.5, 0.6) is 0 Å². The predicted molar refractivity (Wildman–Crippen MR) is 79.7 cm³/mol. The zero-order valence-corrected chi connectivity index (χ0v) is 13.2. The molecule has 1 atom stereocenters. The largest absolute Gasteiger partial charge is 0.465 e. The summed E-state index contributed by atoms with van der Waals surface area (Å²) < 4.78 is 5.42. The van der Waals surface area contributed by atoms with Crippen molar-refractivity contribution in [3.63, 3.8) is 0 Å². The van der Waals surface area contributed by atoms with Gasteiger partial charge in [0.1, 0.15) is 5.54 Å². The van der Waals surface area contributed by atoms with Crippen molar-refractivity contribution in [2.75, 3.05) is 45.9 Å². The first-order chi connectivity index (χ1) is 9.60. The molecule has 5 heteroatoms. The molecule has 5 nitrogen and oxygen atoms in total. The maximum atomic E-state index is 12.6. The Morgan fingerprint density at radius 1 is 1.30 bits per heavy atom. The van der Waals surface area contributed by atoms with E-state index in [0.29, 0.717) is 12.6 Å². The number of carbonyl (C=O) groups excluding carboxylic acids is 1. The number of hydrogen-bond donors (Lipinski definition) is 1. The SMILES string of the molecule is CCOC(=O)C1(N2CCCNCC2)CCN(C(C)C)C1. The molecule has 2 aliphatic rings. The van der Waals surface area contributed by atoms with Gasteiger partial charge in [-0.2, -0.15) is 0 Å². The number of carbonyl (C=O) groups is 1. The molecule has 116 valence electrons. The number of esters is 1. The van der Waals surface area contributed by atoms with Crippen molar-refractivity contribution in [1.29, 1.82) is 0 Å². The summed E-state index contributed by atoms with van der Waals surface area (Å²) in [5, 5.41) is 3.42. The van der Waals surface area contributed by atoms with Gasteiger partial charge in [0, 0.05) is 38.8 Å². The highest BCUT2D eigenvalue weighted by Crippen LogP contribution is 2.31. The van der Waals surface area contributed by atoms with E-state index >= 15 is 0 Å². The second-order valence-electron chi connectivity index (χ2n) is 6.16. The smallest absolute Gasteiger partial charge is 0.327 e. The Morgan fingerprint density at radius 3 is 2.75 bits per heavy atom. The lowest BCUT2D eigenvalue weighted by Gasteiger charge is -2.38. The van der Waals surface area contributed by atoms with Crippen LogP contribution in [-0.2, 0) is 9.53 Å². The fourth-order valence-electron chi connectivity index (χ4n) is 3.36. The minimum atomic E-state index is -0.424. The van der Waals surface area contributed by atoms with Gasteiger partial charge in [-0.3, -0.25) is 9.80 Å². The van der Waals surface area contributed by atoms with Crippen molar-refractivity contribution in [2.24, 2.45) is 0 Å². The van der Waals surface area contributed by atoms with Gasteiger partial charge in [-0.25, -0.2) is 4.79 Å². The minimum Gasteiger partial charge on any atom is -0.465 e. The monoisotopic (exact) mass is 283 g/mol. The molecule has 0 bridgehead atoms. The van der Waals surface area contributed by atoms with E-state index in [4.69, 9.17) is 4.74 Å². The van der Waals surface area contributed by atoms with Gasteiger partial charge in [0.25, 0.3) is 0 Å². The lowest BCUT2D eigenvalue weighted by Crippen LogP contribution is -2.58. The normalized spacial score (nSPS) is 29.6. The van der Waals surface area contributed by atoms with Crippen molar-refractivity contribution in [2.45, 2.75) is 45.2 Å². The van der Waals surface area contributed by atoms with Crippen molar-refractivity contribution >= 4 is 5.97 Å². The summed E-state index contributed by atoms with van der Waals surface area (Å²) in [6.07, 6.45) is 1.99. The Balaban J connectivity index is 2.17. The molecule has 2 aliphatic heterocycles. The highest BCUT2D eigenvalue weighted by Gasteiger charge is 2.50. The van der Waals surface area contributed by atoms with Crippen LogP contribution < -0.4 is 5.32 Å². The lowest BCUT2D eigenvalue weighted by molar-refractivity contribution is -0.157. The number of nitrogens with zero attached hydrogens (tertiary/aromatic N) is 2. The van der Waals surface area contributed by atoms with Gasteiger partial charge >= 0.3 is 5.97 Å². The van der Waals surface area contributed by atoms with Crippen LogP contribution in [0.15, 0.2) is 0 Å². The van der Waals surface area contributed by atoms with Gasteiger partial charge < -0.3 is 10.1 Å². The molecular weight excluding hydrogens is 254 g/mol. The molecule has 0 aromatic carbocycles. The number of nitrogens with one attached hydrogen (secondary N) is 1. The van der Waals surface area contributed by atoms with Crippen LogP contribution >= 0.6 is 0 Å². The molecule has 0 spiro atoms. The molecule has 0 saturated carbocycles. The Morgan fingerprint density at radius 2 is 2.10 bits per heavy atom. The molecule has 0 aromatic heterocycles. The van der Waals surface area contributed by atoms with E-state index in [1.807, 2.05) is 6.92 Å². The summed E-state index contributed by atoms with van der Waals surface area (Å²) in [5.41, 5.74) is -0.424. The second kappa shape index (κ2) is 6.87. The van der Waals surface area contributed by atoms with E-state index in [1.54, 1.807) is 0 Å². The van der Waals surface area contributed by atoms with Gasteiger partial charge in [-0.05, 0) is 40.2 Å². The summed E-state index contributed by atoms with van der Waals surface area (Å²) in [4.78, 5) is 17.4. The quantitative estimate of drug-likeness (QED) is 0.770. The molecule has 0 amide bonds. The van der Waals surface area contributed by atoms with Gasteiger partial charge in [-0.15, -0.1) is 0 Å². The topological polar surface area (TPSA) is 44.8 Å². The summed E-state index contributed by atoms with van der Waals surface area (Å²) >= 11 is 0. The first-order valence-corrected chi connectivity index (χ1v) is 7.97. The Hall–Kier alpha value is -0.650. The summed E-state index contributed by atoms with van der Waals surface area (Å²) in [6, 6.07) is 0.483. The maximum absolute atomic E-state index is 12.6. The fraction of sp³-hybridized carbons (Fsp3) is 0.933. The lowest BCUT2D eigenvalue weighted by atomic mass is 9.95. The predicted octanol–water partition coefficient (Wildman–Crippen LogP) is 0.698. The summed E-state index contributed by atoms with van der Waals surface area (Å²) in [7, 11) is 0. The van der Waals surface area contributed by atoms with E-state index in [1.165, 1.54) is 0 Å². The van der Waals surface area contributed by atoms with E-state index in [2.05, 4.69) is 29.0 Å². The van der Waals surface area contributed by atoms with Gasteiger partial charge in [0.2, 0.25) is 0 Å². The van der Waals surface area contributed by atoms with E-state index in [-0.39, 0.29) is 5.97 Å². The van der Waals surface area contributed by atoms with Crippen LogP contribution in [0.1, 0.15) is 33.6 Å². The highest BCUT2D eigenvalue weighted by molar-refractivity contribution is 5.81. The number of likely N-dealkylation sites (tertiary alicyclic amines) is 1.